The summed E-state index contributed by atoms with van der Waals surface area (Å²) < 4.78 is 60.3. The summed E-state index contributed by atoms with van der Waals surface area (Å²) in [5, 5.41) is 10.4. The maximum Gasteiger partial charge on any atom is 0.338 e. The molecule has 1 N–H and O–H groups in total. The Morgan fingerprint density at radius 2 is 0.906 bits per heavy atom. The zero-order chi connectivity index (χ0) is 45.6. The van der Waals surface area contributed by atoms with Gasteiger partial charge in [-0.15, -0.1) is 6.58 Å². The number of carbonyl (C=O) groups excluding carboxylic acids is 6. The normalized spacial score (nSPS) is 25.1. The molecule has 0 radical (unpaired) electrons. The fourth-order valence-corrected chi connectivity index (χ4v) is 6.92. The first-order chi connectivity index (χ1) is 31.0. The molecule has 2 heterocycles. The monoisotopic (exact) mass is 882 g/mol. The van der Waals surface area contributed by atoms with Crippen molar-refractivity contribution in [3.8, 4) is 0 Å². The molecule has 17 nitrogen and oxygen atoms in total. The van der Waals surface area contributed by atoms with Crippen molar-refractivity contribution < 1.29 is 81.2 Å². The van der Waals surface area contributed by atoms with Gasteiger partial charge in [0.25, 0.3) is 0 Å². The highest BCUT2D eigenvalue weighted by Crippen LogP contribution is 2.36. The van der Waals surface area contributed by atoms with Crippen LogP contribution in [0.5, 0.6) is 0 Å². The van der Waals surface area contributed by atoms with Crippen LogP contribution in [-0.4, -0.2) is 122 Å². The number of hydrogen-bond donors (Lipinski definition) is 1. The fraction of sp³-hybridized carbons (Fsp3) is 0.319. The molecule has 17 heteroatoms. The Bertz CT molecular complexity index is 2200. The molecule has 0 unspecified atom stereocenters. The maximum absolute atomic E-state index is 14.1. The Morgan fingerprint density at radius 1 is 0.516 bits per heavy atom. The topological polar surface area (TPSA) is 215 Å². The average molecular weight is 883 g/mol. The number of aliphatic hydroxyl groups excluding tert-OH is 1. The lowest BCUT2D eigenvalue weighted by molar-refractivity contribution is -0.365. The third-order valence-corrected chi connectivity index (χ3v) is 9.78. The lowest BCUT2D eigenvalue weighted by Gasteiger charge is -2.48. The number of benzene rings is 4. The zero-order valence-electron chi connectivity index (χ0n) is 34.7. The summed E-state index contributed by atoms with van der Waals surface area (Å²) in [5.74, 6) is -5.37. The van der Waals surface area contributed by atoms with E-state index in [0.29, 0.717) is 0 Å². The summed E-state index contributed by atoms with van der Waals surface area (Å²) in [6.45, 7) is 4.23. The van der Waals surface area contributed by atoms with Gasteiger partial charge in [-0.2, -0.15) is 0 Å². The molecule has 0 saturated carbocycles. The molecule has 0 amide bonds. The van der Waals surface area contributed by atoms with Crippen LogP contribution in [0.2, 0.25) is 0 Å². The van der Waals surface area contributed by atoms with Gasteiger partial charge in [0.2, 0.25) is 0 Å². The van der Waals surface area contributed by atoms with Crippen LogP contribution >= 0.6 is 0 Å². The van der Waals surface area contributed by atoms with Crippen molar-refractivity contribution >= 4 is 35.8 Å². The number of esters is 6. The Hall–Kier alpha value is -6.76. The number of ether oxygens (including phenoxy) is 10. The van der Waals surface area contributed by atoms with E-state index in [9.17, 15) is 33.9 Å². The van der Waals surface area contributed by atoms with Crippen molar-refractivity contribution in [3.63, 3.8) is 0 Å². The molecular weight excluding hydrogens is 836 g/mol. The average Bonchev–Trinajstić information content (AvgIpc) is 3.31. The molecule has 2 fully saturated rings. The van der Waals surface area contributed by atoms with Gasteiger partial charge < -0.3 is 52.5 Å². The highest BCUT2D eigenvalue weighted by atomic mass is 16.8. The van der Waals surface area contributed by atoms with Crippen LogP contribution in [0.25, 0.3) is 0 Å². The van der Waals surface area contributed by atoms with Crippen LogP contribution < -0.4 is 0 Å². The molecule has 0 spiro atoms. The Morgan fingerprint density at radius 3 is 1.36 bits per heavy atom. The van der Waals surface area contributed by atoms with Gasteiger partial charge >= 0.3 is 35.8 Å². The predicted molar refractivity (Wildman–Crippen MR) is 220 cm³/mol. The van der Waals surface area contributed by atoms with Gasteiger partial charge in [0.1, 0.15) is 18.8 Å². The van der Waals surface area contributed by atoms with E-state index in [2.05, 4.69) is 6.58 Å². The number of rotatable bonds is 17. The van der Waals surface area contributed by atoms with Crippen molar-refractivity contribution in [1.29, 1.82) is 0 Å². The smallest absolute Gasteiger partial charge is 0.338 e. The second kappa shape index (κ2) is 22.5. The summed E-state index contributed by atoms with van der Waals surface area (Å²) >= 11 is 0. The quantitative estimate of drug-likeness (QED) is 0.0883. The van der Waals surface area contributed by atoms with Crippen LogP contribution in [0.4, 0.5) is 0 Å². The van der Waals surface area contributed by atoms with Crippen molar-refractivity contribution in [1.82, 2.24) is 0 Å². The molecule has 4 aromatic rings. The Kier molecular flexibility index (Phi) is 16.5. The first-order valence-corrected chi connectivity index (χ1v) is 20.1. The Labute approximate surface area is 367 Å². The van der Waals surface area contributed by atoms with E-state index in [1.807, 2.05) is 0 Å². The van der Waals surface area contributed by atoms with Gasteiger partial charge in [-0.3, -0.25) is 9.59 Å². The summed E-state index contributed by atoms with van der Waals surface area (Å²) in [7, 11) is 0. The van der Waals surface area contributed by atoms with Crippen molar-refractivity contribution in [2.24, 2.45) is 0 Å². The highest BCUT2D eigenvalue weighted by Gasteiger charge is 2.58. The van der Waals surface area contributed by atoms with Gasteiger partial charge in [-0.05, 0) is 48.5 Å². The second-order valence-corrected chi connectivity index (χ2v) is 14.3. The number of carbonyl (C=O) groups is 6. The molecule has 10 atom stereocenters. The minimum absolute atomic E-state index is 0.0397. The molecule has 2 aliphatic rings. The van der Waals surface area contributed by atoms with E-state index in [0.717, 1.165) is 13.8 Å². The fourth-order valence-electron chi connectivity index (χ4n) is 6.92. The third kappa shape index (κ3) is 12.0. The van der Waals surface area contributed by atoms with Crippen molar-refractivity contribution in [2.75, 3.05) is 19.8 Å². The molecule has 2 aliphatic heterocycles. The van der Waals surface area contributed by atoms with Gasteiger partial charge in [-0.1, -0.05) is 78.9 Å². The summed E-state index contributed by atoms with van der Waals surface area (Å²) in [4.78, 5) is 80.6. The van der Waals surface area contributed by atoms with E-state index < -0.39 is 110 Å². The van der Waals surface area contributed by atoms with E-state index in [1.54, 1.807) is 72.8 Å². The van der Waals surface area contributed by atoms with E-state index in [-0.39, 0.29) is 28.9 Å². The lowest BCUT2D eigenvalue weighted by Crippen LogP contribution is -2.67. The summed E-state index contributed by atoms with van der Waals surface area (Å²) in [5.41, 5.74) is 0.323. The molecule has 4 aromatic carbocycles. The molecule has 0 bridgehead atoms. The minimum atomic E-state index is -1.92. The third-order valence-electron chi connectivity index (χ3n) is 9.78. The van der Waals surface area contributed by atoms with Crippen LogP contribution in [0.15, 0.2) is 134 Å². The van der Waals surface area contributed by atoms with Crippen LogP contribution in [0, 0.1) is 0 Å². The minimum Gasteiger partial charge on any atom is -0.459 e. The molecule has 2 saturated heterocycles. The highest BCUT2D eigenvalue weighted by molar-refractivity contribution is 5.91. The largest absolute Gasteiger partial charge is 0.459 e. The molecule has 0 aliphatic carbocycles. The molecule has 6 rings (SSSR count). The summed E-state index contributed by atoms with van der Waals surface area (Å²) in [6, 6.07) is 31.2. The first kappa shape index (κ1) is 46.7. The SMILES string of the molecule is C=CCO[C@H]1O[C@H](CO)[C@@H](OC(C)=O)[C@H](OC(C)=O)[C@@H]1O[C@H]1O[C@H](COC(=O)c2ccccc2)[C@@H](OC(=O)c2ccccc2)[C@H](OC(=O)c2ccccc2)[C@@H]1OC(=O)c1ccccc1. The van der Waals surface area contributed by atoms with E-state index in [4.69, 9.17) is 47.4 Å². The van der Waals surface area contributed by atoms with Gasteiger partial charge in [0, 0.05) is 13.8 Å². The maximum atomic E-state index is 14.1. The van der Waals surface area contributed by atoms with Crippen LogP contribution in [0.3, 0.4) is 0 Å². The van der Waals surface area contributed by atoms with Gasteiger partial charge in [-0.25, -0.2) is 19.2 Å². The van der Waals surface area contributed by atoms with Crippen LogP contribution in [-0.2, 0) is 57.0 Å². The first-order valence-electron chi connectivity index (χ1n) is 20.1. The van der Waals surface area contributed by atoms with E-state index >= 15 is 0 Å². The second-order valence-electron chi connectivity index (χ2n) is 14.3. The number of hydrogen-bond acceptors (Lipinski definition) is 17. The van der Waals surface area contributed by atoms with E-state index in [1.165, 1.54) is 54.6 Å². The predicted octanol–water partition coefficient (Wildman–Crippen LogP) is 4.41. The molecule has 336 valence electrons. The van der Waals surface area contributed by atoms with Crippen LogP contribution in [0.1, 0.15) is 55.3 Å². The standard InChI is InChI=1S/C47H46O17/c1-4-25-55-46-40(38(58-29(3)50)36(57-28(2)49)34(26-48)59-46)64-47-41(63-45(54)33-23-15-8-16-24-33)39(62-44(53)32-21-13-7-14-22-32)37(61-43(52)31-19-11-6-12-20-31)35(60-47)27-56-42(51)30-17-9-5-10-18-30/h4-24,34-41,46-48H,1,25-27H2,2-3H3/t34-,35-,36-,37-,38+,39+,40+,41+,46+,47-/m1/s1. The molecule has 64 heavy (non-hydrogen) atoms. The zero-order valence-corrected chi connectivity index (χ0v) is 34.7. The summed E-state index contributed by atoms with van der Waals surface area (Å²) in [6.07, 6.45) is -15.1. The molecular formula is C47H46O17. The van der Waals surface area contributed by atoms with Gasteiger partial charge in [0.05, 0.1) is 35.5 Å². The lowest BCUT2D eigenvalue weighted by atomic mass is 9.96. The van der Waals surface area contributed by atoms with Crippen molar-refractivity contribution in [2.45, 2.75) is 75.3 Å². The Balaban J connectivity index is 1.50. The molecule has 0 aromatic heterocycles. The van der Waals surface area contributed by atoms with Crippen molar-refractivity contribution in [3.05, 3.63) is 156 Å². The number of aliphatic hydroxyl groups is 1. The van der Waals surface area contributed by atoms with Gasteiger partial charge in [0.15, 0.2) is 49.2 Å².